The maximum absolute atomic E-state index is 6.11. The van der Waals surface area contributed by atoms with Gasteiger partial charge in [-0.15, -0.1) is 0 Å². The van der Waals surface area contributed by atoms with Gasteiger partial charge in [0.2, 0.25) is 0 Å². The van der Waals surface area contributed by atoms with Gasteiger partial charge in [0.25, 0.3) is 0 Å². The molecule has 0 spiro atoms. The first-order valence-corrected chi connectivity index (χ1v) is 6.16. The largest absolute Gasteiger partial charge is 0.316 e. The summed E-state index contributed by atoms with van der Waals surface area (Å²) in [7, 11) is 0. The van der Waals surface area contributed by atoms with Crippen molar-refractivity contribution in [2.75, 3.05) is 13.1 Å². The van der Waals surface area contributed by atoms with Gasteiger partial charge in [-0.3, -0.25) is 4.98 Å². The first-order chi connectivity index (χ1) is 7.74. The van der Waals surface area contributed by atoms with E-state index in [1.807, 2.05) is 19.2 Å². The van der Waals surface area contributed by atoms with Crippen LogP contribution in [0.1, 0.15) is 17.7 Å². The number of hydrogen-bond donors (Lipinski definition) is 1. The van der Waals surface area contributed by atoms with Crippen LogP contribution in [0.15, 0.2) is 18.3 Å². The lowest BCUT2D eigenvalue weighted by atomic mass is 9.99. The van der Waals surface area contributed by atoms with E-state index in [2.05, 4.69) is 16.4 Å². The van der Waals surface area contributed by atoms with Crippen molar-refractivity contribution in [3.05, 3.63) is 34.6 Å². The Morgan fingerprint density at radius 3 is 3.06 bits per heavy atom. The minimum atomic E-state index is 0.718. The molecule has 1 aromatic rings. The summed E-state index contributed by atoms with van der Waals surface area (Å²) < 4.78 is 0. The number of nitrogens with zero attached hydrogens (tertiary/aromatic N) is 1. The molecule has 0 radical (unpaired) electrons. The third kappa shape index (κ3) is 1.66. The van der Waals surface area contributed by atoms with Crippen LogP contribution in [0.3, 0.4) is 0 Å². The van der Waals surface area contributed by atoms with Crippen LogP contribution in [0, 0.1) is 18.8 Å². The van der Waals surface area contributed by atoms with E-state index in [0.717, 1.165) is 35.6 Å². The molecule has 1 aliphatic carbocycles. The summed E-state index contributed by atoms with van der Waals surface area (Å²) >= 11 is 6.11. The van der Waals surface area contributed by atoms with Crippen molar-refractivity contribution in [1.29, 1.82) is 0 Å². The van der Waals surface area contributed by atoms with E-state index in [-0.39, 0.29) is 0 Å². The molecule has 0 bridgehead atoms. The second-order valence-corrected chi connectivity index (χ2v) is 5.18. The van der Waals surface area contributed by atoms with Crippen molar-refractivity contribution >= 4 is 17.2 Å². The van der Waals surface area contributed by atoms with Crippen LogP contribution in [0.2, 0.25) is 5.02 Å². The van der Waals surface area contributed by atoms with Crippen molar-refractivity contribution in [3.8, 4) is 0 Å². The monoisotopic (exact) mass is 234 g/mol. The van der Waals surface area contributed by atoms with Crippen molar-refractivity contribution in [3.63, 3.8) is 0 Å². The average molecular weight is 235 g/mol. The number of halogens is 1. The fourth-order valence-electron chi connectivity index (χ4n) is 2.68. The molecule has 84 valence electrons. The third-order valence-electron chi connectivity index (χ3n) is 3.69. The average Bonchev–Trinajstić information content (AvgIpc) is 2.81. The number of allylic oxidation sites excluding steroid dienone is 1. The lowest BCUT2D eigenvalue weighted by Crippen LogP contribution is -2.09. The van der Waals surface area contributed by atoms with Crippen molar-refractivity contribution in [2.24, 2.45) is 11.8 Å². The molecular formula is C13H15ClN2. The summed E-state index contributed by atoms with van der Waals surface area (Å²) in [6, 6.07) is 2.05. The molecule has 2 nitrogen and oxygen atoms in total. The molecule has 0 amide bonds. The number of aryl methyl sites for hydroxylation is 1. The predicted octanol–water partition coefficient (Wildman–Crippen LogP) is 2.67. The van der Waals surface area contributed by atoms with Gasteiger partial charge in [0, 0.05) is 12.7 Å². The molecule has 16 heavy (non-hydrogen) atoms. The summed E-state index contributed by atoms with van der Waals surface area (Å²) in [4.78, 5) is 4.33. The van der Waals surface area contributed by atoms with Crippen molar-refractivity contribution in [1.82, 2.24) is 10.3 Å². The summed E-state index contributed by atoms with van der Waals surface area (Å²) in [6.45, 7) is 4.21. The molecule has 1 aromatic heterocycles. The molecule has 1 saturated heterocycles. The van der Waals surface area contributed by atoms with Crippen LogP contribution < -0.4 is 5.32 Å². The molecule has 2 heterocycles. The van der Waals surface area contributed by atoms with Gasteiger partial charge in [-0.25, -0.2) is 0 Å². The maximum atomic E-state index is 6.11. The standard InChI is InChI=1S/C13H15ClN2/c1-8-13(14)4-12(7-16-8)9-2-10-5-15-6-11(10)3-9/h2,4,7,10-11,15H,3,5-6H2,1H3/t10-,11+/m1/s1. The van der Waals surface area contributed by atoms with Crippen LogP contribution in [0.5, 0.6) is 0 Å². The van der Waals surface area contributed by atoms with Gasteiger partial charge in [0.05, 0.1) is 10.7 Å². The lowest BCUT2D eigenvalue weighted by molar-refractivity contribution is 0.536. The zero-order valence-electron chi connectivity index (χ0n) is 9.33. The molecule has 1 fully saturated rings. The number of fused-ring (bicyclic) bond motifs is 1. The predicted molar refractivity (Wildman–Crippen MR) is 66.4 cm³/mol. The first-order valence-electron chi connectivity index (χ1n) is 5.78. The van der Waals surface area contributed by atoms with E-state index >= 15 is 0 Å². The van der Waals surface area contributed by atoms with Crippen molar-refractivity contribution < 1.29 is 0 Å². The Kier molecular flexibility index (Phi) is 2.49. The highest BCUT2D eigenvalue weighted by atomic mass is 35.5. The maximum Gasteiger partial charge on any atom is 0.0624 e. The summed E-state index contributed by atoms with van der Waals surface area (Å²) in [5, 5.41) is 4.20. The number of rotatable bonds is 1. The van der Waals surface area contributed by atoms with Crippen LogP contribution >= 0.6 is 11.6 Å². The zero-order chi connectivity index (χ0) is 11.1. The summed E-state index contributed by atoms with van der Waals surface area (Å²) in [5.74, 6) is 1.50. The summed E-state index contributed by atoms with van der Waals surface area (Å²) in [5.41, 5.74) is 3.53. The smallest absolute Gasteiger partial charge is 0.0624 e. The van der Waals surface area contributed by atoms with E-state index in [4.69, 9.17) is 11.6 Å². The molecule has 0 aromatic carbocycles. The zero-order valence-corrected chi connectivity index (χ0v) is 10.1. The van der Waals surface area contributed by atoms with Crippen LogP contribution in [0.25, 0.3) is 5.57 Å². The molecule has 1 N–H and O–H groups in total. The van der Waals surface area contributed by atoms with Crippen LogP contribution in [0.4, 0.5) is 0 Å². The number of aromatic nitrogens is 1. The Morgan fingerprint density at radius 1 is 1.44 bits per heavy atom. The Labute approximate surface area is 101 Å². The quantitative estimate of drug-likeness (QED) is 0.808. The summed E-state index contributed by atoms with van der Waals surface area (Å²) in [6.07, 6.45) is 5.51. The SMILES string of the molecule is Cc1ncc(C2=C[C@@H]3CNC[C@@H]3C2)cc1Cl. The molecular weight excluding hydrogens is 220 g/mol. The van der Waals surface area contributed by atoms with Gasteiger partial charge in [0.1, 0.15) is 0 Å². The topological polar surface area (TPSA) is 24.9 Å². The molecule has 2 aliphatic rings. The van der Waals surface area contributed by atoms with Gasteiger partial charge >= 0.3 is 0 Å². The van der Waals surface area contributed by atoms with E-state index in [0.29, 0.717) is 0 Å². The second-order valence-electron chi connectivity index (χ2n) is 4.77. The highest BCUT2D eigenvalue weighted by molar-refractivity contribution is 6.31. The van der Waals surface area contributed by atoms with Gasteiger partial charge in [-0.05, 0) is 48.9 Å². The fourth-order valence-corrected chi connectivity index (χ4v) is 2.84. The third-order valence-corrected chi connectivity index (χ3v) is 4.07. The molecule has 0 saturated carbocycles. The van der Waals surface area contributed by atoms with Crippen molar-refractivity contribution in [2.45, 2.75) is 13.3 Å². The Bertz CT molecular complexity index is 453. The molecule has 3 rings (SSSR count). The minimum Gasteiger partial charge on any atom is -0.316 e. The molecule has 1 aliphatic heterocycles. The fraction of sp³-hybridized carbons (Fsp3) is 0.462. The highest BCUT2D eigenvalue weighted by Gasteiger charge is 2.31. The van der Waals surface area contributed by atoms with Crippen LogP contribution in [-0.2, 0) is 0 Å². The van der Waals surface area contributed by atoms with Gasteiger partial charge in [-0.1, -0.05) is 17.7 Å². The minimum absolute atomic E-state index is 0.718. The van der Waals surface area contributed by atoms with E-state index in [9.17, 15) is 0 Å². The van der Waals surface area contributed by atoms with Gasteiger partial charge in [0.15, 0.2) is 0 Å². The van der Waals surface area contributed by atoms with Gasteiger partial charge < -0.3 is 5.32 Å². The Hall–Kier alpha value is -0.860. The molecule has 3 heteroatoms. The van der Waals surface area contributed by atoms with E-state index < -0.39 is 0 Å². The molecule has 2 atom stereocenters. The Morgan fingerprint density at radius 2 is 2.31 bits per heavy atom. The number of nitrogens with one attached hydrogen (secondary N) is 1. The molecule has 0 unspecified atom stereocenters. The van der Waals surface area contributed by atoms with Gasteiger partial charge in [-0.2, -0.15) is 0 Å². The number of pyridine rings is 1. The normalized spacial score (nSPS) is 28.0. The Balaban J connectivity index is 1.90. The highest BCUT2D eigenvalue weighted by Crippen LogP contribution is 2.38. The first kappa shape index (κ1) is 10.3. The van der Waals surface area contributed by atoms with Crippen LogP contribution in [-0.4, -0.2) is 18.1 Å². The number of hydrogen-bond acceptors (Lipinski definition) is 2. The second kappa shape index (κ2) is 3.86. The van der Waals surface area contributed by atoms with E-state index in [1.54, 1.807) is 0 Å². The lowest BCUT2D eigenvalue weighted by Gasteiger charge is -2.07. The van der Waals surface area contributed by atoms with E-state index in [1.165, 1.54) is 17.6 Å².